The van der Waals surface area contributed by atoms with Crippen LogP contribution in [0.25, 0.3) is 11.1 Å². The molecule has 0 saturated carbocycles. The van der Waals surface area contributed by atoms with Crippen LogP contribution in [0.2, 0.25) is 0 Å². The van der Waals surface area contributed by atoms with Gasteiger partial charge in [0.25, 0.3) is 0 Å². The van der Waals surface area contributed by atoms with Crippen molar-refractivity contribution in [2.45, 2.75) is 38.1 Å². The van der Waals surface area contributed by atoms with Crippen molar-refractivity contribution < 1.29 is 5.11 Å². The maximum Gasteiger partial charge on any atom is 0.0709 e. The van der Waals surface area contributed by atoms with E-state index >= 15 is 0 Å². The van der Waals surface area contributed by atoms with E-state index in [2.05, 4.69) is 54.0 Å². The highest BCUT2D eigenvalue weighted by Crippen LogP contribution is 2.21. The smallest absolute Gasteiger partial charge is 0.0709 e. The number of hydrogen-bond donors (Lipinski definition) is 3. The van der Waals surface area contributed by atoms with Crippen LogP contribution in [0.15, 0.2) is 66.4 Å². The van der Waals surface area contributed by atoms with Crippen molar-refractivity contribution >= 4 is 0 Å². The second-order valence-corrected chi connectivity index (χ2v) is 6.57. The summed E-state index contributed by atoms with van der Waals surface area (Å²) in [6.45, 7) is 0.0783. The Labute approximate surface area is 149 Å². The number of allylic oxidation sites excluding steroid dienone is 1. The molecule has 1 heterocycles. The summed E-state index contributed by atoms with van der Waals surface area (Å²) in [5, 5.41) is 10.7. The molecule has 1 aliphatic rings. The van der Waals surface area contributed by atoms with Crippen LogP contribution in [0.4, 0.5) is 0 Å². The molecule has 1 aliphatic heterocycles. The van der Waals surface area contributed by atoms with Crippen LogP contribution in [0, 0.1) is 0 Å². The predicted molar refractivity (Wildman–Crippen MR) is 102 cm³/mol. The van der Waals surface area contributed by atoms with E-state index in [4.69, 9.17) is 10.9 Å². The predicted octanol–water partition coefficient (Wildman–Crippen LogP) is 3.40. The fourth-order valence-corrected chi connectivity index (χ4v) is 3.26. The van der Waals surface area contributed by atoms with Gasteiger partial charge in [-0.3, -0.25) is 0 Å². The van der Waals surface area contributed by atoms with E-state index in [1.54, 1.807) is 5.12 Å². The zero-order chi connectivity index (χ0) is 17.5. The highest BCUT2D eigenvalue weighted by atomic mass is 16.3. The summed E-state index contributed by atoms with van der Waals surface area (Å²) in [6, 6.07) is 19.3. The lowest BCUT2D eigenvalue weighted by molar-refractivity contribution is 0.197. The van der Waals surface area contributed by atoms with Gasteiger partial charge in [-0.1, -0.05) is 61.0 Å². The molecule has 0 fully saturated rings. The molecule has 4 nitrogen and oxygen atoms in total. The molecular formula is C21H27N3O. The van der Waals surface area contributed by atoms with Gasteiger partial charge in [-0.2, -0.15) is 0 Å². The van der Waals surface area contributed by atoms with E-state index in [0.29, 0.717) is 0 Å². The Balaban J connectivity index is 1.44. The van der Waals surface area contributed by atoms with E-state index in [1.807, 2.05) is 12.1 Å². The second kappa shape index (κ2) is 8.81. The number of nitrogens with zero attached hydrogens (tertiary/aromatic N) is 1. The van der Waals surface area contributed by atoms with Crippen LogP contribution < -0.4 is 11.3 Å². The molecule has 25 heavy (non-hydrogen) atoms. The molecular weight excluding hydrogens is 310 g/mol. The first-order chi connectivity index (χ1) is 12.3. The van der Waals surface area contributed by atoms with Gasteiger partial charge < -0.3 is 5.11 Å². The lowest BCUT2D eigenvalue weighted by Gasteiger charge is -2.17. The van der Waals surface area contributed by atoms with E-state index in [-0.39, 0.29) is 12.6 Å². The molecule has 0 saturated heterocycles. The van der Waals surface area contributed by atoms with E-state index < -0.39 is 0 Å². The minimum Gasteiger partial charge on any atom is -0.394 e. The number of unbranched alkanes of at least 4 members (excludes halogenated alkanes) is 2. The number of nitrogens with two attached hydrogens (primary N) is 1. The molecule has 0 spiro atoms. The third-order valence-corrected chi connectivity index (χ3v) is 4.64. The standard InChI is InChI=1S/C21H27N3O/c22-24-21(15-20(16-25)23-24)13-6-1-3-8-17-9-7-12-19(14-17)18-10-4-2-5-11-18/h2,4-5,7,9-12,14-15,20,23,25H,1,3,6,8,13,16,22H2. The lowest BCUT2D eigenvalue weighted by atomic mass is 10.00. The number of aliphatic hydroxyl groups is 1. The third kappa shape index (κ3) is 4.92. The van der Waals surface area contributed by atoms with Crippen molar-refractivity contribution in [2.75, 3.05) is 6.61 Å². The summed E-state index contributed by atoms with van der Waals surface area (Å²) in [4.78, 5) is 0. The minimum absolute atomic E-state index is 0.0410. The van der Waals surface area contributed by atoms with E-state index in [0.717, 1.165) is 25.0 Å². The highest BCUT2D eigenvalue weighted by Gasteiger charge is 2.18. The Hall–Kier alpha value is -2.14. The largest absolute Gasteiger partial charge is 0.394 e. The molecule has 0 radical (unpaired) electrons. The first-order valence-electron chi connectivity index (χ1n) is 9.03. The summed E-state index contributed by atoms with van der Waals surface area (Å²) in [7, 11) is 0. The highest BCUT2D eigenvalue weighted by molar-refractivity contribution is 5.63. The van der Waals surface area contributed by atoms with Crippen LogP contribution in [0.5, 0.6) is 0 Å². The average molecular weight is 337 g/mol. The first kappa shape index (κ1) is 17.7. The summed E-state index contributed by atoms with van der Waals surface area (Å²) in [5.74, 6) is 5.87. The molecule has 0 aromatic heterocycles. The zero-order valence-corrected chi connectivity index (χ0v) is 14.6. The number of rotatable bonds is 8. The molecule has 2 aromatic rings. The first-order valence-corrected chi connectivity index (χ1v) is 9.03. The Bertz CT molecular complexity index is 699. The molecule has 1 unspecified atom stereocenters. The van der Waals surface area contributed by atoms with Crippen LogP contribution >= 0.6 is 0 Å². The van der Waals surface area contributed by atoms with Crippen molar-refractivity contribution in [1.82, 2.24) is 10.5 Å². The molecule has 0 bridgehead atoms. The molecule has 132 valence electrons. The van der Waals surface area contributed by atoms with Crippen molar-refractivity contribution in [2.24, 2.45) is 5.84 Å². The topological polar surface area (TPSA) is 61.5 Å². The second-order valence-electron chi connectivity index (χ2n) is 6.57. The summed E-state index contributed by atoms with van der Waals surface area (Å²) < 4.78 is 0. The monoisotopic (exact) mass is 337 g/mol. The summed E-state index contributed by atoms with van der Waals surface area (Å²) in [5.41, 5.74) is 8.03. The van der Waals surface area contributed by atoms with Gasteiger partial charge in [0.2, 0.25) is 0 Å². The molecule has 4 N–H and O–H groups in total. The maximum absolute atomic E-state index is 9.15. The maximum atomic E-state index is 9.15. The molecule has 0 aliphatic carbocycles. The average Bonchev–Trinajstić information content (AvgIpc) is 3.02. The Morgan fingerprint density at radius 2 is 1.68 bits per heavy atom. The number of benzene rings is 2. The molecule has 3 rings (SSSR count). The van der Waals surface area contributed by atoms with E-state index in [1.165, 1.54) is 29.5 Å². The van der Waals surface area contributed by atoms with Gasteiger partial charge in [-0.15, -0.1) is 0 Å². The molecule has 2 aromatic carbocycles. The van der Waals surface area contributed by atoms with Gasteiger partial charge >= 0.3 is 0 Å². The van der Waals surface area contributed by atoms with Crippen LogP contribution in [-0.2, 0) is 6.42 Å². The van der Waals surface area contributed by atoms with Gasteiger partial charge in [0.1, 0.15) is 0 Å². The van der Waals surface area contributed by atoms with Gasteiger partial charge in [0.15, 0.2) is 0 Å². The third-order valence-electron chi connectivity index (χ3n) is 4.64. The number of hydrazine groups is 2. The van der Waals surface area contributed by atoms with Crippen molar-refractivity contribution in [1.29, 1.82) is 0 Å². The van der Waals surface area contributed by atoms with Crippen molar-refractivity contribution in [3.8, 4) is 11.1 Å². The molecule has 1 atom stereocenters. The Kier molecular flexibility index (Phi) is 6.23. The van der Waals surface area contributed by atoms with E-state index in [9.17, 15) is 0 Å². The van der Waals surface area contributed by atoms with Crippen LogP contribution in [0.1, 0.15) is 31.2 Å². The van der Waals surface area contributed by atoms with Crippen LogP contribution in [-0.4, -0.2) is 22.9 Å². The SMILES string of the molecule is NN1NC(CO)C=C1CCCCCc1cccc(-c2ccccc2)c1. The van der Waals surface area contributed by atoms with Crippen LogP contribution in [0.3, 0.4) is 0 Å². The normalized spacial score (nSPS) is 17.0. The molecule has 0 amide bonds. The van der Waals surface area contributed by atoms with Gasteiger partial charge in [0.05, 0.1) is 12.6 Å². The quantitative estimate of drug-likeness (QED) is 0.510. The van der Waals surface area contributed by atoms with Crippen molar-refractivity contribution in [3.63, 3.8) is 0 Å². The van der Waals surface area contributed by atoms with Gasteiger partial charge in [-0.05, 0) is 48.4 Å². The Morgan fingerprint density at radius 3 is 2.44 bits per heavy atom. The number of aryl methyl sites for hydroxylation is 1. The fourth-order valence-electron chi connectivity index (χ4n) is 3.26. The molecule has 4 heteroatoms. The lowest BCUT2D eigenvalue weighted by Crippen LogP contribution is -2.43. The number of aliphatic hydroxyl groups excluding tert-OH is 1. The zero-order valence-electron chi connectivity index (χ0n) is 14.6. The number of hydrogen-bond acceptors (Lipinski definition) is 4. The van der Waals surface area contributed by atoms with Crippen molar-refractivity contribution in [3.05, 3.63) is 71.9 Å². The Morgan fingerprint density at radius 1 is 0.920 bits per heavy atom. The van der Waals surface area contributed by atoms with Gasteiger partial charge in [-0.25, -0.2) is 16.4 Å². The minimum atomic E-state index is -0.0410. The summed E-state index contributed by atoms with van der Waals surface area (Å²) >= 11 is 0. The van der Waals surface area contributed by atoms with Gasteiger partial charge in [0, 0.05) is 5.70 Å². The number of nitrogens with one attached hydrogen (secondary N) is 1. The fraction of sp³-hybridized carbons (Fsp3) is 0.333. The summed E-state index contributed by atoms with van der Waals surface area (Å²) in [6.07, 6.45) is 7.52.